The van der Waals surface area contributed by atoms with Crippen molar-refractivity contribution in [3.63, 3.8) is 0 Å². The predicted molar refractivity (Wildman–Crippen MR) is 76.7 cm³/mol. The van der Waals surface area contributed by atoms with Crippen LogP contribution in [0.15, 0.2) is 18.2 Å². The number of halogens is 1. The molecular formula is C15H24FN3. The highest BCUT2D eigenvalue weighted by Gasteiger charge is 2.27. The minimum absolute atomic E-state index is 0.0354. The fourth-order valence-electron chi connectivity index (χ4n) is 2.76. The number of likely N-dealkylation sites (N-methyl/N-ethyl adjacent to an activating group) is 2. The quantitative estimate of drug-likeness (QED) is 0.893. The molecule has 0 radical (unpaired) electrons. The van der Waals surface area contributed by atoms with Crippen LogP contribution in [0, 0.1) is 12.7 Å². The summed E-state index contributed by atoms with van der Waals surface area (Å²) >= 11 is 0. The summed E-state index contributed by atoms with van der Waals surface area (Å²) in [4.78, 5) is 4.63. The Kier molecular flexibility index (Phi) is 4.55. The lowest BCUT2D eigenvalue weighted by Gasteiger charge is -2.40. The molecule has 2 atom stereocenters. The molecule has 1 heterocycles. The van der Waals surface area contributed by atoms with Crippen molar-refractivity contribution in [2.45, 2.75) is 25.4 Å². The third-order valence-corrected chi connectivity index (χ3v) is 4.16. The van der Waals surface area contributed by atoms with E-state index in [-0.39, 0.29) is 11.9 Å². The molecule has 1 aromatic carbocycles. The Morgan fingerprint density at radius 1 is 1.37 bits per heavy atom. The lowest BCUT2D eigenvalue weighted by atomic mass is 9.95. The fourth-order valence-corrected chi connectivity index (χ4v) is 2.76. The molecule has 0 amide bonds. The van der Waals surface area contributed by atoms with Gasteiger partial charge in [0.25, 0.3) is 0 Å². The van der Waals surface area contributed by atoms with Crippen LogP contribution in [0.5, 0.6) is 0 Å². The van der Waals surface area contributed by atoms with Gasteiger partial charge in [0.15, 0.2) is 0 Å². The highest BCUT2D eigenvalue weighted by Crippen LogP contribution is 2.16. The van der Waals surface area contributed by atoms with E-state index in [1.807, 2.05) is 13.0 Å². The van der Waals surface area contributed by atoms with E-state index < -0.39 is 0 Å². The zero-order valence-corrected chi connectivity index (χ0v) is 12.1. The number of nitrogens with two attached hydrogens (primary N) is 1. The maximum atomic E-state index is 13.3. The van der Waals surface area contributed by atoms with Gasteiger partial charge in [0.1, 0.15) is 5.82 Å². The van der Waals surface area contributed by atoms with Gasteiger partial charge in [-0.25, -0.2) is 4.39 Å². The van der Waals surface area contributed by atoms with Crippen molar-refractivity contribution >= 4 is 0 Å². The summed E-state index contributed by atoms with van der Waals surface area (Å²) in [6.45, 7) is 5.11. The van der Waals surface area contributed by atoms with Crippen molar-refractivity contribution in [2.24, 2.45) is 5.73 Å². The minimum atomic E-state index is -0.179. The van der Waals surface area contributed by atoms with Gasteiger partial charge in [-0.3, -0.25) is 4.90 Å². The van der Waals surface area contributed by atoms with Crippen LogP contribution >= 0.6 is 0 Å². The summed E-state index contributed by atoms with van der Waals surface area (Å²) in [5.41, 5.74) is 8.50. The largest absolute Gasteiger partial charge is 0.326 e. The Morgan fingerprint density at radius 3 is 2.84 bits per heavy atom. The molecule has 0 aliphatic carbocycles. The number of hydrogen-bond acceptors (Lipinski definition) is 3. The molecule has 1 fully saturated rings. The predicted octanol–water partition coefficient (Wildman–Crippen LogP) is 1.25. The molecule has 1 aliphatic heterocycles. The molecule has 1 aromatic rings. The summed E-state index contributed by atoms with van der Waals surface area (Å²) in [5.74, 6) is -0.179. The molecule has 106 valence electrons. The topological polar surface area (TPSA) is 32.5 Å². The summed E-state index contributed by atoms with van der Waals surface area (Å²) in [5, 5.41) is 0. The summed E-state index contributed by atoms with van der Waals surface area (Å²) in [6.07, 6.45) is 0.729. The number of piperazine rings is 1. The Balaban J connectivity index is 2.07. The van der Waals surface area contributed by atoms with Crippen molar-refractivity contribution in [2.75, 3.05) is 33.7 Å². The van der Waals surface area contributed by atoms with Gasteiger partial charge in [0, 0.05) is 31.7 Å². The zero-order valence-electron chi connectivity index (χ0n) is 12.1. The molecule has 2 N–H and O–H groups in total. The standard InChI is InChI=1S/C15H24FN3/c1-11-4-5-13(16)8-12(11)9-14(17)15-10-18(2)6-7-19(15)3/h4-5,8,14-15H,6-7,9-10,17H2,1-3H3. The maximum absolute atomic E-state index is 13.3. The molecule has 0 spiro atoms. The van der Waals surface area contributed by atoms with Crippen molar-refractivity contribution in [3.8, 4) is 0 Å². The summed E-state index contributed by atoms with van der Waals surface area (Å²) in [7, 11) is 4.25. The van der Waals surface area contributed by atoms with Crippen LogP contribution in [0.3, 0.4) is 0 Å². The van der Waals surface area contributed by atoms with E-state index in [4.69, 9.17) is 5.73 Å². The van der Waals surface area contributed by atoms with Crippen molar-refractivity contribution < 1.29 is 4.39 Å². The maximum Gasteiger partial charge on any atom is 0.123 e. The van der Waals surface area contributed by atoms with Gasteiger partial charge in [0.05, 0.1) is 0 Å². The van der Waals surface area contributed by atoms with Crippen LogP contribution in [0.2, 0.25) is 0 Å². The van der Waals surface area contributed by atoms with Crippen LogP contribution in [-0.4, -0.2) is 55.6 Å². The average molecular weight is 265 g/mol. The Morgan fingerprint density at radius 2 is 2.11 bits per heavy atom. The fraction of sp³-hybridized carbons (Fsp3) is 0.600. The highest BCUT2D eigenvalue weighted by atomic mass is 19.1. The molecule has 0 aromatic heterocycles. The van der Waals surface area contributed by atoms with E-state index >= 15 is 0 Å². The second-order valence-corrected chi connectivity index (χ2v) is 5.75. The lowest BCUT2D eigenvalue weighted by molar-refractivity contribution is 0.0973. The van der Waals surface area contributed by atoms with Crippen LogP contribution in [0.1, 0.15) is 11.1 Å². The number of benzene rings is 1. The van der Waals surface area contributed by atoms with Crippen molar-refractivity contribution in [1.29, 1.82) is 0 Å². The SMILES string of the molecule is Cc1ccc(F)cc1CC(N)C1CN(C)CCN1C. The van der Waals surface area contributed by atoms with Crippen molar-refractivity contribution in [1.82, 2.24) is 9.80 Å². The molecule has 0 saturated carbocycles. The minimum Gasteiger partial charge on any atom is -0.326 e. The molecule has 0 bridgehead atoms. The van der Waals surface area contributed by atoms with Crippen LogP contribution in [0.4, 0.5) is 4.39 Å². The second-order valence-electron chi connectivity index (χ2n) is 5.75. The molecular weight excluding hydrogens is 241 g/mol. The van der Waals surface area contributed by atoms with Gasteiger partial charge in [-0.15, -0.1) is 0 Å². The number of aryl methyl sites for hydroxylation is 1. The molecule has 4 heteroatoms. The van der Waals surface area contributed by atoms with Gasteiger partial charge in [-0.2, -0.15) is 0 Å². The lowest BCUT2D eigenvalue weighted by Crippen LogP contribution is -2.58. The first kappa shape index (κ1) is 14.4. The zero-order chi connectivity index (χ0) is 14.0. The van der Waals surface area contributed by atoms with Gasteiger partial charge in [-0.05, 0) is 50.7 Å². The van der Waals surface area contributed by atoms with E-state index in [9.17, 15) is 4.39 Å². The Labute approximate surface area is 115 Å². The average Bonchev–Trinajstić information content (AvgIpc) is 2.36. The third kappa shape index (κ3) is 3.53. The first-order valence-electron chi connectivity index (χ1n) is 6.87. The number of hydrogen-bond donors (Lipinski definition) is 1. The Bertz CT molecular complexity index is 435. The molecule has 2 unspecified atom stereocenters. The summed E-state index contributed by atoms with van der Waals surface area (Å²) in [6, 6.07) is 5.32. The second kappa shape index (κ2) is 5.99. The normalized spacial score (nSPS) is 23.5. The molecule has 3 nitrogen and oxygen atoms in total. The van der Waals surface area contributed by atoms with E-state index in [1.165, 1.54) is 6.07 Å². The smallest absolute Gasteiger partial charge is 0.123 e. The highest BCUT2D eigenvalue weighted by molar-refractivity contribution is 5.27. The molecule has 1 saturated heterocycles. The van der Waals surface area contributed by atoms with Crippen molar-refractivity contribution in [3.05, 3.63) is 35.1 Å². The Hall–Kier alpha value is -0.970. The van der Waals surface area contributed by atoms with Gasteiger partial charge in [-0.1, -0.05) is 6.07 Å². The molecule has 1 aliphatic rings. The van der Waals surface area contributed by atoms with E-state index in [0.29, 0.717) is 6.04 Å². The van der Waals surface area contributed by atoms with Crippen LogP contribution in [-0.2, 0) is 6.42 Å². The van der Waals surface area contributed by atoms with Gasteiger partial charge in [0.2, 0.25) is 0 Å². The molecule has 2 rings (SSSR count). The number of rotatable bonds is 3. The third-order valence-electron chi connectivity index (χ3n) is 4.16. The van der Waals surface area contributed by atoms with Gasteiger partial charge >= 0.3 is 0 Å². The van der Waals surface area contributed by atoms with E-state index in [0.717, 1.165) is 37.2 Å². The first-order valence-corrected chi connectivity index (χ1v) is 6.87. The number of nitrogens with zero attached hydrogens (tertiary/aromatic N) is 2. The van der Waals surface area contributed by atoms with E-state index in [1.54, 1.807) is 6.07 Å². The van der Waals surface area contributed by atoms with Gasteiger partial charge < -0.3 is 10.6 Å². The van der Waals surface area contributed by atoms with Crippen LogP contribution in [0.25, 0.3) is 0 Å². The van der Waals surface area contributed by atoms with E-state index in [2.05, 4.69) is 23.9 Å². The summed E-state index contributed by atoms with van der Waals surface area (Å²) < 4.78 is 13.3. The van der Waals surface area contributed by atoms with Crippen LogP contribution < -0.4 is 5.73 Å². The monoisotopic (exact) mass is 265 g/mol. The first-order chi connectivity index (χ1) is 8.97. The molecule has 19 heavy (non-hydrogen) atoms.